The van der Waals surface area contributed by atoms with Crippen LogP contribution in [0.15, 0.2) is 84.4 Å². The topological polar surface area (TPSA) is 74.6 Å². The minimum atomic E-state index is -0.524. The summed E-state index contributed by atoms with van der Waals surface area (Å²) >= 11 is 1.32. The number of rotatable bonds is 9. The number of hydrogen-bond donors (Lipinski definition) is 1. The van der Waals surface area contributed by atoms with Gasteiger partial charge in [-0.05, 0) is 78.5 Å². The van der Waals surface area contributed by atoms with Crippen molar-refractivity contribution in [3.63, 3.8) is 0 Å². The normalized spacial score (nSPS) is 12.6. The van der Waals surface area contributed by atoms with Crippen LogP contribution in [0.25, 0.3) is 16.6 Å². The average molecular weight is 532 g/mol. The molecule has 2 aromatic heterocycles. The van der Waals surface area contributed by atoms with Gasteiger partial charge in [0.05, 0.1) is 37.7 Å². The highest BCUT2D eigenvalue weighted by molar-refractivity contribution is 7.12. The lowest BCUT2D eigenvalue weighted by Gasteiger charge is -2.27. The fraction of sp³-hybridized carbons (Fsp3) is 0.172. The van der Waals surface area contributed by atoms with Gasteiger partial charge < -0.3 is 19.5 Å². The van der Waals surface area contributed by atoms with Crippen LogP contribution in [0.4, 0.5) is 4.39 Å². The molecule has 0 aliphatic carbocycles. The zero-order chi connectivity index (χ0) is 26.6. The SMILES string of the molecule is COc1cccc([C@@H](Oc2ccc3c(cnn3-c3ccc(F)cc3)c2)[C@H](C)NC(=O)c2sccc2OC)c1. The van der Waals surface area contributed by atoms with E-state index < -0.39 is 12.1 Å². The minimum Gasteiger partial charge on any atom is -0.497 e. The number of fused-ring (bicyclic) bond motifs is 1. The van der Waals surface area contributed by atoms with Crippen LogP contribution in [0.1, 0.15) is 28.3 Å². The molecule has 0 fully saturated rings. The summed E-state index contributed by atoms with van der Waals surface area (Å²) in [5.74, 6) is 1.28. The Morgan fingerprint density at radius 3 is 2.58 bits per heavy atom. The molecule has 2 atom stereocenters. The van der Waals surface area contributed by atoms with Crippen LogP contribution in [0.5, 0.6) is 17.2 Å². The molecule has 0 saturated carbocycles. The molecule has 38 heavy (non-hydrogen) atoms. The van der Waals surface area contributed by atoms with Gasteiger partial charge in [0.25, 0.3) is 5.91 Å². The number of benzene rings is 3. The number of aromatic nitrogens is 2. The lowest BCUT2D eigenvalue weighted by atomic mass is 10.0. The van der Waals surface area contributed by atoms with E-state index in [0.717, 1.165) is 22.2 Å². The maximum Gasteiger partial charge on any atom is 0.265 e. The number of amides is 1. The van der Waals surface area contributed by atoms with E-state index >= 15 is 0 Å². The molecular weight excluding hydrogens is 505 g/mol. The van der Waals surface area contributed by atoms with Crippen molar-refractivity contribution < 1.29 is 23.4 Å². The Kier molecular flexibility index (Phi) is 7.28. The summed E-state index contributed by atoms with van der Waals surface area (Å²) in [4.78, 5) is 13.5. The van der Waals surface area contributed by atoms with Crippen LogP contribution in [-0.2, 0) is 0 Å². The quantitative estimate of drug-likeness (QED) is 0.246. The molecule has 0 unspecified atom stereocenters. The second-order valence-corrected chi connectivity index (χ2v) is 9.56. The van der Waals surface area contributed by atoms with Gasteiger partial charge >= 0.3 is 0 Å². The van der Waals surface area contributed by atoms with Crippen LogP contribution < -0.4 is 19.5 Å². The smallest absolute Gasteiger partial charge is 0.265 e. The number of ether oxygens (including phenoxy) is 3. The Labute approximate surface area is 223 Å². The predicted molar refractivity (Wildman–Crippen MR) is 145 cm³/mol. The number of carbonyl (C=O) groups excluding carboxylic acids is 1. The van der Waals surface area contributed by atoms with Crippen LogP contribution in [0.2, 0.25) is 0 Å². The maximum absolute atomic E-state index is 13.4. The number of halogens is 1. The fourth-order valence-electron chi connectivity index (χ4n) is 4.27. The Morgan fingerprint density at radius 2 is 1.82 bits per heavy atom. The molecule has 9 heteroatoms. The third-order valence-corrected chi connectivity index (χ3v) is 7.06. The summed E-state index contributed by atoms with van der Waals surface area (Å²) in [5.41, 5.74) is 2.45. The van der Waals surface area contributed by atoms with Gasteiger partial charge in [0, 0.05) is 5.39 Å². The van der Waals surface area contributed by atoms with Crippen molar-refractivity contribution in [3.8, 4) is 22.9 Å². The highest BCUT2D eigenvalue weighted by Crippen LogP contribution is 2.31. The minimum absolute atomic E-state index is 0.239. The van der Waals surface area contributed by atoms with E-state index in [-0.39, 0.29) is 11.7 Å². The van der Waals surface area contributed by atoms with Crippen molar-refractivity contribution in [2.75, 3.05) is 14.2 Å². The highest BCUT2D eigenvalue weighted by atomic mass is 32.1. The fourth-order valence-corrected chi connectivity index (χ4v) is 5.03. The molecule has 5 rings (SSSR count). The van der Waals surface area contributed by atoms with Gasteiger partial charge in [0.1, 0.15) is 34.0 Å². The molecule has 0 spiro atoms. The number of nitrogens with zero attached hydrogens (tertiary/aromatic N) is 2. The second-order valence-electron chi connectivity index (χ2n) is 8.65. The molecule has 1 N–H and O–H groups in total. The molecule has 194 valence electrons. The number of methoxy groups -OCH3 is 2. The van der Waals surface area contributed by atoms with E-state index in [1.165, 1.54) is 23.5 Å². The van der Waals surface area contributed by atoms with Crippen molar-refractivity contribution >= 4 is 28.1 Å². The van der Waals surface area contributed by atoms with E-state index in [0.29, 0.717) is 22.1 Å². The van der Waals surface area contributed by atoms with Crippen LogP contribution in [-0.4, -0.2) is 35.9 Å². The van der Waals surface area contributed by atoms with Crippen molar-refractivity contribution in [1.29, 1.82) is 0 Å². The first-order valence-electron chi connectivity index (χ1n) is 11.9. The van der Waals surface area contributed by atoms with Gasteiger partial charge in [-0.3, -0.25) is 4.79 Å². The summed E-state index contributed by atoms with van der Waals surface area (Å²) in [7, 11) is 3.15. The molecule has 0 aliphatic heterocycles. The zero-order valence-corrected chi connectivity index (χ0v) is 21.9. The van der Waals surface area contributed by atoms with Gasteiger partial charge in [0.15, 0.2) is 0 Å². The van der Waals surface area contributed by atoms with E-state index in [1.807, 2.05) is 54.8 Å². The molecule has 0 radical (unpaired) electrons. The molecule has 3 aromatic carbocycles. The van der Waals surface area contributed by atoms with E-state index in [1.54, 1.807) is 43.3 Å². The Hall–Kier alpha value is -4.37. The second kappa shape index (κ2) is 10.9. The van der Waals surface area contributed by atoms with Crippen molar-refractivity contribution in [2.24, 2.45) is 0 Å². The molecule has 5 aromatic rings. The monoisotopic (exact) mass is 531 g/mol. The third-order valence-electron chi connectivity index (χ3n) is 6.16. The van der Waals surface area contributed by atoms with Gasteiger partial charge in [-0.15, -0.1) is 11.3 Å². The lowest BCUT2D eigenvalue weighted by molar-refractivity contribution is 0.0883. The predicted octanol–water partition coefficient (Wildman–Crippen LogP) is 6.18. The van der Waals surface area contributed by atoms with Gasteiger partial charge in [-0.25, -0.2) is 9.07 Å². The molecular formula is C29H26FN3O4S. The summed E-state index contributed by atoms with van der Waals surface area (Å²) in [6, 6.07) is 20.8. The Bertz CT molecular complexity index is 1560. The van der Waals surface area contributed by atoms with Crippen LogP contribution >= 0.6 is 11.3 Å². The number of hydrogen-bond acceptors (Lipinski definition) is 6. The Morgan fingerprint density at radius 1 is 1.00 bits per heavy atom. The van der Waals surface area contributed by atoms with E-state index in [9.17, 15) is 9.18 Å². The van der Waals surface area contributed by atoms with Crippen LogP contribution in [0, 0.1) is 5.82 Å². The highest BCUT2D eigenvalue weighted by Gasteiger charge is 2.26. The summed E-state index contributed by atoms with van der Waals surface area (Å²) in [6.07, 6.45) is 1.21. The Balaban J connectivity index is 1.44. The first-order chi connectivity index (χ1) is 18.5. The van der Waals surface area contributed by atoms with Gasteiger partial charge in [-0.2, -0.15) is 5.10 Å². The number of thiophene rings is 1. The first kappa shape index (κ1) is 25.3. The molecule has 2 heterocycles. The van der Waals surface area contributed by atoms with Crippen molar-refractivity contribution in [1.82, 2.24) is 15.1 Å². The molecule has 0 saturated heterocycles. The molecule has 7 nitrogen and oxygen atoms in total. The zero-order valence-electron chi connectivity index (χ0n) is 21.1. The molecule has 0 aliphatic rings. The molecule has 1 amide bonds. The van der Waals surface area contributed by atoms with Gasteiger partial charge in [0.2, 0.25) is 0 Å². The van der Waals surface area contributed by atoms with Crippen LogP contribution in [0.3, 0.4) is 0 Å². The third kappa shape index (κ3) is 5.19. The summed E-state index contributed by atoms with van der Waals surface area (Å²) < 4.78 is 32.4. The first-order valence-corrected chi connectivity index (χ1v) is 12.8. The van der Waals surface area contributed by atoms with Crippen molar-refractivity contribution in [3.05, 3.63) is 101 Å². The van der Waals surface area contributed by atoms with Crippen molar-refractivity contribution in [2.45, 2.75) is 19.1 Å². The summed E-state index contributed by atoms with van der Waals surface area (Å²) in [5, 5.41) is 10.2. The standard InChI is InChI=1S/C29H26FN3O4S/c1-18(32-29(34)28-26(36-3)13-14-38-28)27(19-5-4-6-23(15-19)35-2)37-24-11-12-25-20(16-24)17-31-33(25)22-9-7-21(30)8-10-22/h4-18,27H,1-3H3,(H,32,34)/t18-,27-/m0/s1. The largest absolute Gasteiger partial charge is 0.497 e. The van der Waals surface area contributed by atoms with Gasteiger partial charge in [-0.1, -0.05) is 12.1 Å². The number of carbonyl (C=O) groups is 1. The average Bonchev–Trinajstić information content (AvgIpc) is 3.59. The van der Waals surface area contributed by atoms with E-state index in [4.69, 9.17) is 14.2 Å². The summed E-state index contributed by atoms with van der Waals surface area (Å²) in [6.45, 7) is 1.90. The maximum atomic E-state index is 13.4. The number of nitrogens with one attached hydrogen (secondary N) is 1. The van der Waals surface area contributed by atoms with E-state index in [2.05, 4.69) is 10.4 Å². The molecule has 0 bridgehead atoms. The lowest BCUT2D eigenvalue weighted by Crippen LogP contribution is -2.39.